The highest BCUT2D eigenvalue weighted by Gasteiger charge is 2.23. The second kappa shape index (κ2) is 14.1. The van der Waals surface area contributed by atoms with E-state index in [0.717, 1.165) is 82.8 Å². The number of para-hydroxylation sites is 3. The Labute approximate surface area is 349 Å². The van der Waals surface area contributed by atoms with Crippen molar-refractivity contribution >= 4 is 43.6 Å². The number of fused-ring (bicyclic) bond motifs is 6. The van der Waals surface area contributed by atoms with Gasteiger partial charge in [-0.1, -0.05) is 140 Å². The highest BCUT2D eigenvalue weighted by molar-refractivity contribution is 6.16. The lowest BCUT2D eigenvalue weighted by molar-refractivity contribution is 0.586. The van der Waals surface area contributed by atoms with Crippen LogP contribution in [-0.4, -0.2) is 34.3 Å². The van der Waals surface area contributed by atoms with Gasteiger partial charge in [-0.05, 0) is 60.7 Å². The second-order valence-corrected chi connectivity index (χ2v) is 14.9. The number of rotatable bonds is 7. The first-order chi connectivity index (χ1) is 30.3. The average molecular weight is 784 g/mol. The van der Waals surface area contributed by atoms with Gasteiger partial charge in [0.2, 0.25) is 11.8 Å². The molecule has 0 radical (unpaired) electrons. The van der Waals surface area contributed by atoms with Crippen molar-refractivity contribution in [3.05, 3.63) is 200 Å². The molecule has 0 atom stereocenters. The Morgan fingerprint density at radius 3 is 1.26 bits per heavy atom. The summed E-state index contributed by atoms with van der Waals surface area (Å²) in [5.74, 6) is 2.75. The first-order valence-electron chi connectivity index (χ1n) is 20.2. The van der Waals surface area contributed by atoms with Crippen molar-refractivity contribution in [2.75, 3.05) is 0 Å². The number of nitrogens with zero attached hydrogens (tertiary/aromatic N) is 7. The molecule has 0 spiro atoms. The zero-order valence-corrected chi connectivity index (χ0v) is 32.6. The van der Waals surface area contributed by atoms with E-state index in [1.807, 2.05) is 66.7 Å². The molecule has 0 aliphatic carbocycles. The van der Waals surface area contributed by atoms with E-state index in [9.17, 15) is 0 Å². The quantitative estimate of drug-likeness (QED) is 0.160. The average Bonchev–Trinajstić information content (AvgIpc) is 4.06. The Morgan fingerprint density at radius 2 is 0.721 bits per heavy atom. The number of hydrogen-bond acceptors (Lipinski definition) is 6. The Kier molecular flexibility index (Phi) is 7.99. The topological polar surface area (TPSA) is 87.5 Å². The van der Waals surface area contributed by atoms with Gasteiger partial charge in [0.15, 0.2) is 17.5 Å². The van der Waals surface area contributed by atoms with Crippen molar-refractivity contribution in [1.82, 2.24) is 34.3 Å². The summed E-state index contributed by atoms with van der Waals surface area (Å²) < 4.78 is 11.3. The fraction of sp³-hybridized carbons (Fsp3) is 0. The lowest BCUT2D eigenvalue weighted by Crippen LogP contribution is -2.01. The maximum absolute atomic E-state index is 6.71. The molecule has 0 aliphatic heterocycles. The predicted molar refractivity (Wildman–Crippen MR) is 244 cm³/mol. The Balaban J connectivity index is 0.998. The molecule has 0 fully saturated rings. The standard InChI is InChI=1S/C53H33N7O/c1-4-17-34(18-5-1)49-54-50(35-19-6-2-7-20-35)56-51(55-49)36-21-14-24-38(33-36)60-44-30-13-11-26-40(44)48-42(28-16-32-46(48)60)53-58-57-52(61-53)41-27-15-31-45-47(41)39-25-10-12-29-43(39)59(45)37-22-8-3-9-23-37/h1-33H. The molecule has 12 rings (SSSR count). The molecule has 4 aromatic heterocycles. The monoisotopic (exact) mass is 783 g/mol. The molecule has 0 N–H and O–H groups in total. The zero-order chi connectivity index (χ0) is 40.3. The Bertz CT molecular complexity index is 3530. The van der Waals surface area contributed by atoms with Crippen LogP contribution in [0, 0.1) is 0 Å². The summed E-state index contributed by atoms with van der Waals surface area (Å²) in [7, 11) is 0. The predicted octanol–water partition coefficient (Wildman–Crippen LogP) is 12.8. The van der Waals surface area contributed by atoms with E-state index >= 15 is 0 Å². The lowest BCUT2D eigenvalue weighted by atomic mass is 10.1. The fourth-order valence-electron chi connectivity index (χ4n) is 8.69. The van der Waals surface area contributed by atoms with Crippen molar-refractivity contribution in [2.45, 2.75) is 0 Å². The number of aromatic nitrogens is 7. The smallest absolute Gasteiger partial charge is 0.248 e. The molecule has 12 aromatic rings. The van der Waals surface area contributed by atoms with Gasteiger partial charge in [0.25, 0.3) is 0 Å². The maximum atomic E-state index is 6.71. The molecule has 61 heavy (non-hydrogen) atoms. The van der Waals surface area contributed by atoms with E-state index in [2.05, 4.69) is 143 Å². The van der Waals surface area contributed by atoms with Crippen molar-refractivity contribution < 1.29 is 4.42 Å². The summed E-state index contributed by atoms with van der Waals surface area (Å²) in [5.41, 5.74) is 10.8. The van der Waals surface area contributed by atoms with E-state index in [0.29, 0.717) is 29.3 Å². The molecule has 8 heteroatoms. The number of hydrogen-bond donors (Lipinski definition) is 0. The van der Waals surface area contributed by atoms with E-state index < -0.39 is 0 Å². The molecule has 286 valence electrons. The van der Waals surface area contributed by atoms with Gasteiger partial charge < -0.3 is 13.6 Å². The minimum atomic E-state index is 0.452. The Hall–Kier alpha value is -8.49. The summed E-state index contributed by atoms with van der Waals surface area (Å²) in [5, 5.41) is 13.7. The van der Waals surface area contributed by atoms with Crippen LogP contribution in [0.1, 0.15) is 0 Å². The summed E-state index contributed by atoms with van der Waals surface area (Å²) in [6.45, 7) is 0. The molecule has 0 saturated carbocycles. The summed E-state index contributed by atoms with van der Waals surface area (Å²) in [6, 6.07) is 68.4. The first-order valence-corrected chi connectivity index (χ1v) is 20.2. The van der Waals surface area contributed by atoms with Gasteiger partial charge in [0.1, 0.15) is 0 Å². The maximum Gasteiger partial charge on any atom is 0.248 e. The van der Waals surface area contributed by atoms with E-state index in [1.54, 1.807) is 0 Å². The molecule has 0 bridgehead atoms. The van der Waals surface area contributed by atoms with E-state index in [1.165, 1.54) is 0 Å². The molecule has 0 saturated heterocycles. The van der Waals surface area contributed by atoms with Crippen molar-refractivity contribution in [3.63, 3.8) is 0 Å². The summed E-state index contributed by atoms with van der Waals surface area (Å²) in [6.07, 6.45) is 0. The van der Waals surface area contributed by atoms with Crippen LogP contribution in [0.2, 0.25) is 0 Å². The summed E-state index contributed by atoms with van der Waals surface area (Å²) in [4.78, 5) is 14.9. The Morgan fingerprint density at radius 1 is 0.328 bits per heavy atom. The van der Waals surface area contributed by atoms with Gasteiger partial charge in [-0.2, -0.15) is 0 Å². The molecule has 0 unspecified atom stereocenters. The van der Waals surface area contributed by atoms with E-state index in [-0.39, 0.29) is 0 Å². The minimum absolute atomic E-state index is 0.452. The van der Waals surface area contributed by atoms with Gasteiger partial charge in [-0.25, -0.2) is 15.0 Å². The second-order valence-electron chi connectivity index (χ2n) is 14.9. The summed E-state index contributed by atoms with van der Waals surface area (Å²) >= 11 is 0. The SMILES string of the molecule is c1ccc(-c2nc(-c3ccccc3)nc(-c3cccc(-n4c5ccccc5c5c(-c6nnc(-c7cccc8c7c7ccccc7n8-c7ccccc7)o6)cccc54)c3)n2)cc1. The van der Waals surface area contributed by atoms with Gasteiger partial charge in [-0.3, -0.25) is 0 Å². The van der Waals surface area contributed by atoms with Crippen molar-refractivity contribution in [3.8, 4) is 68.4 Å². The van der Waals surface area contributed by atoms with Crippen LogP contribution >= 0.6 is 0 Å². The molecule has 8 aromatic carbocycles. The highest BCUT2D eigenvalue weighted by Crippen LogP contribution is 2.42. The molecule has 8 nitrogen and oxygen atoms in total. The third-order valence-electron chi connectivity index (χ3n) is 11.4. The van der Waals surface area contributed by atoms with Crippen LogP contribution in [0.4, 0.5) is 0 Å². The third-order valence-corrected chi connectivity index (χ3v) is 11.4. The molecular formula is C53H33N7O. The third kappa shape index (κ3) is 5.72. The van der Waals surface area contributed by atoms with Gasteiger partial charge in [-0.15, -0.1) is 10.2 Å². The van der Waals surface area contributed by atoms with Crippen LogP contribution in [0.15, 0.2) is 205 Å². The van der Waals surface area contributed by atoms with Crippen LogP contribution in [0.25, 0.3) is 112 Å². The first kappa shape index (κ1) is 34.5. The molecule has 0 aliphatic rings. The number of benzene rings is 8. The molecule has 0 amide bonds. The molecule has 4 heterocycles. The van der Waals surface area contributed by atoms with E-state index in [4.69, 9.17) is 29.6 Å². The van der Waals surface area contributed by atoms with Crippen LogP contribution in [-0.2, 0) is 0 Å². The largest absolute Gasteiger partial charge is 0.416 e. The van der Waals surface area contributed by atoms with Crippen LogP contribution in [0.3, 0.4) is 0 Å². The molecular weight excluding hydrogens is 751 g/mol. The lowest BCUT2D eigenvalue weighted by Gasteiger charge is -2.11. The zero-order valence-electron chi connectivity index (χ0n) is 32.6. The van der Waals surface area contributed by atoms with Crippen LogP contribution in [0.5, 0.6) is 0 Å². The van der Waals surface area contributed by atoms with Crippen molar-refractivity contribution in [1.29, 1.82) is 0 Å². The fourth-order valence-corrected chi connectivity index (χ4v) is 8.69. The van der Waals surface area contributed by atoms with Gasteiger partial charge >= 0.3 is 0 Å². The van der Waals surface area contributed by atoms with Crippen LogP contribution < -0.4 is 0 Å². The van der Waals surface area contributed by atoms with Gasteiger partial charge in [0.05, 0.1) is 22.1 Å². The van der Waals surface area contributed by atoms with Gasteiger partial charge in [0, 0.05) is 60.7 Å². The minimum Gasteiger partial charge on any atom is -0.416 e. The van der Waals surface area contributed by atoms with Crippen molar-refractivity contribution in [2.24, 2.45) is 0 Å². The highest BCUT2D eigenvalue weighted by atomic mass is 16.4. The normalized spacial score (nSPS) is 11.6.